The number of nitrogens with zero attached hydrogens (tertiary/aromatic N) is 5. The van der Waals surface area contributed by atoms with Gasteiger partial charge >= 0.3 is 0 Å². The van der Waals surface area contributed by atoms with Gasteiger partial charge in [-0.2, -0.15) is 20.2 Å². The Hall–Kier alpha value is -3.22. The van der Waals surface area contributed by atoms with Gasteiger partial charge in [-0.25, -0.2) is 0 Å². The Morgan fingerprint density at radius 1 is 1.21 bits per heavy atom. The van der Waals surface area contributed by atoms with Crippen molar-refractivity contribution in [2.45, 2.75) is 25.9 Å². The molecule has 9 heteroatoms. The molecule has 3 heterocycles. The largest absolute Gasteiger partial charge is 0.389 e. The lowest BCUT2D eigenvalue weighted by Crippen LogP contribution is -2.33. The number of thiophene rings is 1. The van der Waals surface area contributed by atoms with Gasteiger partial charge in [0.2, 0.25) is 11.9 Å². The predicted molar refractivity (Wildman–Crippen MR) is 110 cm³/mol. The third-order valence-electron chi connectivity index (χ3n) is 4.85. The highest BCUT2D eigenvalue weighted by molar-refractivity contribution is 7.16. The minimum absolute atomic E-state index is 0.0522. The molecule has 0 saturated carbocycles. The number of hydrogen-bond acceptors (Lipinski definition) is 9. The van der Waals surface area contributed by atoms with Crippen molar-refractivity contribution in [2.24, 2.45) is 0 Å². The number of fused-ring (bicyclic) bond motifs is 1. The number of benzene rings is 1. The molecule has 1 aliphatic heterocycles. The first kappa shape index (κ1) is 18.2. The fourth-order valence-electron chi connectivity index (χ4n) is 3.36. The summed E-state index contributed by atoms with van der Waals surface area (Å²) in [5.41, 5.74) is 14.5. The van der Waals surface area contributed by atoms with Gasteiger partial charge in [0.1, 0.15) is 11.1 Å². The summed E-state index contributed by atoms with van der Waals surface area (Å²) in [4.78, 5) is 16.5. The summed E-state index contributed by atoms with van der Waals surface area (Å²) >= 11 is 1.49. The second-order valence-electron chi connectivity index (χ2n) is 6.62. The maximum absolute atomic E-state index is 9.31. The van der Waals surface area contributed by atoms with E-state index in [1.807, 2.05) is 37.3 Å². The zero-order chi connectivity index (χ0) is 19.7. The first-order valence-electron chi connectivity index (χ1n) is 8.93. The van der Waals surface area contributed by atoms with Crippen LogP contribution in [-0.4, -0.2) is 26.4 Å². The quantitative estimate of drug-likeness (QED) is 0.618. The molecule has 28 heavy (non-hydrogen) atoms. The molecular formula is C19H20N8S. The Balaban J connectivity index is 1.56. The van der Waals surface area contributed by atoms with Crippen molar-refractivity contribution in [1.29, 1.82) is 5.26 Å². The number of nitrogen functional groups attached to an aromatic ring is 2. The number of nitrogens with two attached hydrogens (primary N) is 2. The van der Waals surface area contributed by atoms with E-state index in [9.17, 15) is 5.26 Å². The van der Waals surface area contributed by atoms with Gasteiger partial charge in [0.15, 0.2) is 5.82 Å². The smallest absolute Gasteiger partial charge is 0.232 e. The lowest BCUT2D eigenvalue weighted by Gasteiger charge is -2.31. The minimum Gasteiger partial charge on any atom is -0.389 e. The number of nitriles is 1. The molecule has 0 spiro atoms. The molecule has 5 N–H and O–H groups in total. The van der Waals surface area contributed by atoms with Crippen LogP contribution in [0, 0.1) is 11.3 Å². The number of hydrogen-bond donors (Lipinski definition) is 3. The molecule has 1 aliphatic rings. The molecule has 0 radical (unpaired) electrons. The molecule has 4 rings (SSSR count). The van der Waals surface area contributed by atoms with Gasteiger partial charge < -0.3 is 16.8 Å². The van der Waals surface area contributed by atoms with Crippen molar-refractivity contribution < 1.29 is 0 Å². The van der Waals surface area contributed by atoms with Gasteiger partial charge in [-0.15, -0.1) is 11.3 Å². The van der Waals surface area contributed by atoms with Crippen LogP contribution in [-0.2, 0) is 13.0 Å². The zero-order valence-electron chi connectivity index (χ0n) is 15.4. The van der Waals surface area contributed by atoms with E-state index in [2.05, 4.69) is 31.2 Å². The number of nitrogens with one attached hydrogen (secondary N) is 1. The average Bonchev–Trinajstić information content (AvgIpc) is 3.01. The van der Waals surface area contributed by atoms with Crippen molar-refractivity contribution in [3.8, 4) is 6.07 Å². The summed E-state index contributed by atoms with van der Waals surface area (Å²) in [6.07, 6.45) is 0.784. The Bertz CT molecular complexity index is 1040. The molecule has 8 nitrogen and oxygen atoms in total. The number of para-hydroxylation sites is 1. The first-order valence-corrected chi connectivity index (χ1v) is 9.74. The summed E-state index contributed by atoms with van der Waals surface area (Å²) < 4.78 is 0. The molecule has 0 bridgehead atoms. The van der Waals surface area contributed by atoms with E-state index in [0.29, 0.717) is 28.9 Å². The number of rotatable bonds is 4. The van der Waals surface area contributed by atoms with Gasteiger partial charge in [0, 0.05) is 23.7 Å². The van der Waals surface area contributed by atoms with Crippen LogP contribution < -0.4 is 16.8 Å². The van der Waals surface area contributed by atoms with Crippen molar-refractivity contribution >= 4 is 33.9 Å². The highest BCUT2D eigenvalue weighted by atomic mass is 32.1. The molecular weight excluding hydrogens is 372 g/mol. The van der Waals surface area contributed by atoms with E-state index < -0.39 is 0 Å². The van der Waals surface area contributed by atoms with Gasteiger partial charge in [-0.05, 0) is 31.0 Å². The minimum atomic E-state index is -0.0522. The van der Waals surface area contributed by atoms with Crippen LogP contribution in [0.15, 0.2) is 30.3 Å². The number of aromatic nitrogens is 3. The molecule has 0 saturated heterocycles. The second kappa shape index (κ2) is 7.42. The van der Waals surface area contributed by atoms with E-state index in [-0.39, 0.29) is 12.0 Å². The molecule has 0 amide bonds. The lowest BCUT2D eigenvalue weighted by atomic mass is 10.0. The second-order valence-corrected chi connectivity index (χ2v) is 7.75. The van der Waals surface area contributed by atoms with Gasteiger partial charge in [0.25, 0.3) is 0 Å². The maximum atomic E-state index is 9.31. The molecule has 1 atom stereocenters. The van der Waals surface area contributed by atoms with Gasteiger partial charge in [0.05, 0.1) is 11.6 Å². The molecule has 1 unspecified atom stereocenters. The third kappa shape index (κ3) is 3.47. The average molecular weight is 392 g/mol. The van der Waals surface area contributed by atoms with Crippen molar-refractivity contribution in [3.63, 3.8) is 0 Å². The summed E-state index contributed by atoms with van der Waals surface area (Å²) in [7, 11) is 0. The van der Waals surface area contributed by atoms with Gasteiger partial charge in [-0.1, -0.05) is 18.2 Å². The van der Waals surface area contributed by atoms with Crippen LogP contribution >= 0.6 is 11.3 Å². The van der Waals surface area contributed by atoms with Crippen LogP contribution in [0.5, 0.6) is 0 Å². The van der Waals surface area contributed by atoms with E-state index in [1.54, 1.807) is 0 Å². The normalized spacial score (nSPS) is 14.9. The standard InChI is InChI=1S/C19H20N8S/c1-11(27-8-7-13-14(9-20)16(21)28-15(13)10-27)17-24-18(22)26-19(25-17)23-12-5-3-2-4-6-12/h2-6,11H,7-8,10,21H2,1H3,(H3,22,23,24,25,26). The fourth-order valence-corrected chi connectivity index (χ4v) is 4.46. The summed E-state index contributed by atoms with van der Waals surface area (Å²) in [5, 5.41) is 13.1. The highest BCUT2D eigenvalue weighted by Crippen LogP contribution is 2.36. The summed E-state index contributed by atoms with van der Waals surface area (Å²) in [5.74, 6) is 1.21. The van der Waals surface area contributed by atoms with Crippen LogP contribution in [0.1, 0.15) is 34.8 Å². The van der Waals surface area contributed by atoms with Crippen LogP contribution in [0.3, 0.4) is 0 Å². The Morgan fingerprint density at radius 2 is 2.00 bits per heavy atom. The molecule has 2 aromatic heterocycles. The van der Waals surface area contributed by atoms with E-state index in [1.165, 1.54) is 11.3 Å². The highest BCUT2D eigenvalue weighted by Gasteiger charge is 2.28. The number of anilines is 4. The van der Waals surface area contributed by atoms with Crippen molar-refractivity contribution in [1.82, 2.24) is 19.9 Å². The van der Waals surface area contributed by atoms with Crippen LogP contribution in [0.2, 0.25) is 0 Å². The van der Waals surface area contributed by atoms with E-state index >= 15 is 0 Å². The van der Waals surface area contributed by atoms with E-state index in [4.69, 9.17) is 11.5 Å². The third-order valence-corrected chi connectivity index (χ3v) is 5.89. The van der Waals surface area contributed by atoms with Crippen LogP contribution in [0.4, 0.5) is 22.6 Å². The van der Waals surface area contributed by atoms with Crippen molar-refractivity contribution in [3.05, 3.63) is 52.2 Å². The SMILES string of the molecule is CC(c1nc(N)nc(Nc2ccccc2)n1)N1CCc2c(sc(N)c2C#N)C1. The molecule has 1 aromatic carbocycles. The topological polar surface area (TPSA) is 130 Å². The summed E-state index contributed by atoms with van der Waals surface area (Å²) in [6.45, 7) is 3.56. The molecule has 3 aromatic rings. The zero-order valence-corrected chi connectivity index (χ0v) is 16.2. The Kier molecular flexibility index (Phi) is 4.81. The maximum Gasteiger partial charge on any atom is 0.232 e. The Morgan fingerprint density at radius 3 is 2.75 bits per heavy atom. The predicted octanol–water partition coefficient (Wildman–Crippen LogP) is 2.83. The fraction of sp³-hybridized carbons (Fsp3) is 0.263. The first-order chi connectivity index (χ1) is 13.5. The van der Waals surface area contributed by atoms with E-state index in [0.717, 1.165) is 29.1 Å². The van der Waals surface area contributed by atoms with Gasteiger partial charge in [-0.3, -0.25) is 4.90 Å². The molecule has 0 fully saturated rings. The lowest BCUT2D eigenvalue weighted by molar-refractivity contribution is 0.187. The molecule has 142 valence electrons. The summed E-state index contributed by atoms with van der Waals surface area (Å²) in [6, 6.07) is 11.9. The van der Waals surface area contributed by atoms with Crippen LogP contribution in [0.25, 0.3) is 0 Å². The molecule has 0 aliphatic carbocycles. The Labute approximate surface area is 166 Å². The van der Waals surface area contributed by atoms with Crippen molar-refractivity contribution in [2.75, 3.05) is 23.3 Å². The monoisotopic (exact) mass is 392 g/mol.